The van der Waals surface area contributed by atoms with Crippen LogP contribution in [-0.4, -0.2) is 67.0 Å². The van der Waals surface area contributed by atoms with Crippen LogP contribution in [0.2, 0.25) is 5.02 Å². The minimum Gasteiger partial charge on any atom is -0.342 e. The number of halogens is 1. The Kier molecular flexibility index (Phi) is 7.24. The normalized spacial score (nSPS) is 26.0. The molecule has 176 valence electrons. The second-order valence-electron chi connectivity index (χ2n) is 10.0. The third kappa shape index (κ3) is 5.54. The third-order valence-corrected chi connectivity index (χ3v) is 7.25. The molecule has 1 aromatic carbocycles. The van der Waals surface area contributed by atoms with Crippen LogP contribution in [0.15, 0.2) is 24.3 Å². The summed E-state index contributed by atoms with van der Waals surface area (Å²) in [4.78, 5) is 30.0. The molecule has 0 bridgehead atoms. The second-order valence-corrected chi connectivity index (χ2v) is 10.5. The van der Waals surface area contributed by atoms with E-state index in [4.69, 9.17) is 11.6 Å². The molecular weight excluding hydrogens is 428 g/mol. The van der Waals surface area contributed by atoms with E-state index in [1.54, 1.807) is 0 Å². The highest BCUT2D eigenvalue weighted by Gasteiger charge is 2.40. The van der Waals surface area contributed by atoms with E-state index in [9.17, 15) is 9.59 Å². The van der Waals surface area contributed by atoms with Gasteiger partial charge in [-0.2, -0.15) is 5.53 Å². The Labute approximate surface area is 195 Å². The van der Waals surface area contributed by atoms with Gasteiger partial charge in [0.2, 0.25) is 5.91 Å². The zero-order valence-electron chi connectivity index (χ0n) is 19.0. The third-order valence-electron chi connectivity index (χ3n) is 7.02. The fourth-order valence-electron chi connectivity index (χ4n) is 5.20. The molecule has 1 aromatic rings. The average molecular weight is 463 g/mol. The lowest BCUT2D eigenvalue weighted by Crippen LogP contribution is -2.46. The fourth-order valence-corrected chi connectivity index (χ4v) is 5.41. The number of nitrogens with one attached hydrogen (secondary N) is 4. The first-order chi connectivity index (χ1) is 15.3. The van der Waals surface area contributed by atoms with Gasteiger partial charge in [-0.1, -0.05) is 37.6 Å². The number of urea groups is 1. The summed E-state index contributed by atoms with van der Waals surface area (Å²) in [5, 5.41) is 3.74. The molecule has 32 heavy (non-hydrogen) atoms. The fraction of sp³-hybridized carbons (Fsp3) is 0.652. The predicted octanol–water partition coefficient (Wildman–Crippen LogP) is 1.77. The summed E-state index contributed by atoms with van der Waals surface area (Å²) in [5.74, 6) is 1.13. The molecule has 8 nitrogen and oxygen atoms in total. The molecular formula is C23H35ClN6O2. The lowest BCUT2D eigenvalue weighted by Gasteiger charge is -2.32. The first-order valence-electron chi connectivity index (χ1n) is 11.6. The highest BCUT2D eigenvalue weighted by atomic mass is 35.5. The van der Waals surface area contributed by atoms with Crippen molar-refractivity contribution in [2.45, 2.75) is 39.2 Å². The smallest absolute Gasteiger partial charge is 0.317 e. The molecule has 3 saturated heterocycles. The molecule has 3 heterocycles. The minimum atomic E-state index is -0.478. The number of nitrogens with zero attached hydrogens (tertiary/aromatic N) is 2. The Balaban J connectivity index is 1.28. The Morgan fingerprint density at radius 3 is 2.50 bits per heavy atom. The topological polar surface area (TPSA) is 88.7 Å². The summed E-state index contributed by atoms with van der Waals surface area (Å²) in [7, 11) is 0. The van der Waals surface area contributed by atoms with Gasteiger partial charge < -0.3 is 15.1 Å². The monoisotopic (exact) mass is 462 g/mol. The van der Waals surface area contributed by atoms with E-state index in [2.05, 4.69) is 21.7 Å². The number of fused-ring (bicyclic) bond motifs is 1. The van der Waals surface area contributed by atoms with E-state index in [0.29, 0.717) is 29.8 Å². The van der Waals surface area contributed by atoms with Gasteiger partial charge in [0, 0.05) is 49.7 Å². The van der Waals surface area contributed by atoms with Gasteiger partial charge in [0.25, 0.3) is 0 Å². The summed E-state index contributed by atoms with van der Waals surface area (Å²) in [6, 6.07) is 7.98. The lowest BCUT2D eigenvalue weighted by atomic mass is 9.84. The summed E-state index contributed by atoms with van der Waals surface area (Å²) >= 11 is 6.13. The first-order valence-corrected chi connectivity index (χ1v) is 12.0. The number of likely N-dealkylation sites (tertiary alicyclic amines) is 2. The van der Waals surface area contributed by atoms with Crippen LogP contribution in [0, 0.1) is 17.3 Å². The number of carbonyl (C=O) groups excluding carboxylic acids is 2. The van der Waals surface area contributed by atoms with Gasteiger partial charge in [-0.25, -0.2) is 15.6 Å². The standard InChI is InChI=1S/C23H35ClN6O2/c1-23(2,11-16-4-3-5-19(24)10-16)21(31)29-8-6-17-14-30(15-18(17)7-9-29)22(32)25-12-20-13-26-28-27-20/h3-5,10,17-18,20,26-28H,6-9,11-15H2,1-2H3,(H,25,32)/t17-,18+,20?. The number of hydrogen-bond acceptors (Lipinski definition) is 5. The highest BCUT2D eigenvalue weighted by molar-refractivity contribution is 6.30. The number of rotatable bonds is 5. The second kappa shape index (κ2) is 9.95. The van der Waals surface area contributed by atoms with E-state index in [0.717, 1.165) is 51.1 Å². The van der Waals surface area contributed by atoms with Crippen LogP contribution in [-0.2, 0) is 11.2 Å². The zero-order chi connectivity index (χ0) is 22.7. The highest BCUT2D eigenvalue weighted by Crippen LogP contribution is 2.34. The van der Waals surface area contributed by atoms with Crippen molar-refractivity contribution in [3.63, 3.8) is 0 Å². The van der Waals surface area contributed by atoms with Crippen LogP contribution in [0.3, 0.4) is 0 Å². The molecule has 3 fully saturated rings. The summed E-state index contributed by atoms with van der Waals surface area (Å²) < 4.78 is 0. The molecule has 4 N–H and O–H groups in total. The van der Waals surface area contributed by atoms with Gasteiger partial charge in [0.15, 0.2) is 0 Å². The van der Waals surface area contributed by atoms with Crippen LogP contribution in [0.25, 0.3) is 0 Å². The van der Waals surface area contributed by atoms with E-state index in [1.807, 2.05) is 47.9 Å². The molecule has 4 rings (SSSR count). The zero-order valence-corrected chi connectivity index (χ0v) is 19.8. The molecule has 9 heteroatoms. The molecule has 3 amide bonds. The number of hydrazine groups is 2. The molecule has 0 aromatic heterocycles. The van der Waals surface area contributed by atoms with E-state index in [1.165, 1.54) is 0 Å². The maximum Gasteiger partial charge on any atom is 0.317 e. The van der Waals surface area contributed by atoms with Gasteiger partial charge in [-0.15, -0.1) is 0 Å². The van der Waals surface area contributed by atoms with Crippen LogP contribution in [0.4, 0.5) is 4.79 Å². The predicted molar refractivity (Wildman–Crippen MR) is 125 cm³/mol. The van der Waals surface area contributed by atoms with Crippen molar-refractivity contribution in [1.82, 2.24) is 31.5 Å². The summed E-state index contributed by atoms with van der Waals surface area (Å²) in [5.41, 5.74) is 9.51. The number of carbonyl (C=O) groups is 2. The van der Waals surface area contributed by atoms with Gasteiger partial charge in [-0.3, -0.25) is 4.79 Å². The van der Waals surface area contributed by atoms with Crippen molar-refractivity contribution in [3.8, 4) is 0 Å². The van der Waals surface area contributed by atoms with Crippen molar-refractivity contribution in [1.29, 1.82) is 0 Å². The maximum absolute atomic E-state index is 13.4. The quantitative estimate of drug-likeness (QED) is 0.535. The van der Waals surface area contributed by atoms with Crippen LogP contribution in [0.5, 0.6) is 0 Å². The molecule has 3 aliphatic heterocycles. The first kappa shape index (κ1) is 23.3. The summed E-state index contributed by atoms with van der Waals surface area (Å²) in [6.07, 6.45) is 2.57. The van der Waals surface area contributed by atoms with Crippen molar-refractivity contribution < 1.29 is 9.59 Å². The Morgan fingerprint density at radius 1 is 1.16 bits per heavy atom. The molecule has 0 spiro atoms. The van der Waals surface area contributed by atoms with Crippen LogP contribution < -0.4 is 21.7 Å². The van der Waals surface area contributed by atoms with Crippen LogP contribution in [0.1, 0.15) is 32.3 Å². The van der Waals surface area contributed by atoms with Gasteiger partial charge in [0.1, 0.15) is 0 Å². The average Bonchev–Trinajstić information content (AvgIpc) is 3.38. The molecule has 0 radical (unpaired) electrons. The molecule has 3 atom stereocenters. The lowest BCUT2D eigenvalue weighted by molar-refractivity contribution is -0.140. The van der Waals surface area contributed by atoms with Gasteiger partial charge in [-0.05, 0) is 48.8 Å². The van der Waals surface area contributed by atoms with Crippen molar-refractivity contribution in [2.24, 2.45) is 17.3 Å². The number of amides is 3. The molecule has 0 saturated carbocycles. The Bertz CT molecular complexity index is 812. The summed E-state index contributed by atoms with van der Waals surface area (Å²) in [6.45, 7) is 8.50. The van der Waals surface area contributed by atoms with E-state index < -0.39 is 5.41 Å². The Morgan fingerprint density at radius 2 is 1.88 bits per heavy atom. The Hall–Kier alpha value is -1.87. The van der Waals surface area contributed by atoms with E-state index >= 15 is 0 Å². The SMILES string of the molecule is CC(C)(Cc1cccc(Cl)c1)C(=O)N1CC[C@@H]2CN(C(=O)NCC3CNNN3)C[C@@H]2CC1. The van der Waals surface area contributed by atoms with Crippen molar-refractivity contribution in [3.05, 3.63) is 34.9 Å². The van der Waals surface area contributed by atoms with E-state index in [-0.39, 0.29) is 18.0 Å². The number of hydrogen-bond donors (Lipinski definition) is 4. The molecule has 3 aliphatic rings. The molecule has 1 unspecified atom stereocenters. The minimum absolute atomic E-state index is 0.0161. The van der Waals surface area contributed by atoms with Crippen molar-refractivity contribution >= 4 is 23.5 Å². The van der Waals surface area contributed by atoms with Crippen LogP contribution >= 0.6 is 11.6 Å². The number of benzene rings is 1. The maximum atomic E-state index is 13.4. The largest absolute Gasteiger partial charge is 0.342 e. The molecule has 0 aliphatic carbocycles. The van der Waals surface area contributed by atoms with Crippen molar-refractivity contribution in [2.75, 3.05) is 39.3 Å². The van der Waals surface area contributed by atoms with Gasteiger partial charge in [0.05, 0.1) is 6.04 Å². The van der Waals surface area contributed by atoms with Gasteiger partial charge >= 0.3 is 6.03 Å².